The number of benzene rings is 1. The van der Waals surface area contributed by atoms with Crippen LogP contribution in [0.2, 0.25) is 0 Å². The van der Waals surface area contributed by atoms with E-state index in [2.05, 4.69) is 0 Å². The summed E-state index contributed by atoms with van der Waals surface area (Å²) < 4.78 is 5.04. The lowest BCUT2D eigenvalue weighted by Crippen LogP contribution is -2.42. The first kappa shape index (κ1) is 14.3. The summed E-state index contributed by atoms with van der Waals surface area (Å²) in [6.07, 6.45) is 3.69. The Hall–Kier alpha value is -2.10. The topological polar surface area (TPSA) is 46.6 Å². The number of carbonyl (C=O) groups excluding carboxylic acids is 2. The van der Waals surface area contributed by atoms with Crippen molar-refractivity contribution in [3.63, 3.8) is 0 Å². The molecule has 0 radical (unpaired) electrons. The number of allylic oxidation sites excluding steroid dienone is 1. The van der Waals surface area contributed by atoms with E-state index < -0.39 is 6.09 Å². The number of hydrogen-bond acceptors (Lipinski definition) is 3. The van der Waals surface area contributed by atoms with Crippen molar-refractivity contribution in [2.24, 2.45) is 5.92 Å². The standard InChI is InChI=1S/C16H19NO3/c1-3-7-12(2)15(18)17-14(11-20-16(17)19)10-13-8-5-4-6-9-13/h3-9,12,14H,10-11H2,1-2H3/b7-3+/t12-,14+/m1/s1. The fraction of sp³-hybridized carbons (Fsp3) is 0.375. The molecule has 0 unspecified atom stereocenters. The molecule has 0 spiro atoms. The molecule has 1 saturated heterocycles. The Morgan fingerprint density at radius 2 is 2.15 bits per heavy atom. The monoisotopic (exact) mass is 273 g/mol. The van der Waals surface area contributed by atoms with Gasteiger partial charge in [-0.1, -0.05) is 49.4 Å². The number of amides is 2. The molecule has 1 aliphatic rings. The van der Waals surface area contributed by atoms with Crippen molar-refractivity contribution in [3.05, 3.63) is 48.0 Å². The lowest BCUT2D eigenvalue weighted by Gasteiger charge is -2.21. The third-order valence-corrected chi connectivity index (χ3v) is 3.38. The number of carbonyl (C=O) groups is 2. The third kappa shape index (κ3) is 3.07. The number of nitrogens with zero attached hydrogens (tertiary/aromatic N) is 1. The fourth-order valence-electron chi connectivity index (χ4n) is 2.36. The van der Waals surface area contributed by atoms with E-state index in [0.29, 0.717) is 6.42 Å². The average Bonchev–Trinajstić information content (AvgIpc) is 2.80. The maximum atomic E-state index is 12.3. The molecule has 0 bridgehead atoms. The molecule has 0 N–H and O–H groups in total. The van der Waals surface area contributed by atoms with Crippen LogP contribution in [-0.4, -0.2) is 29.5 Å². The molecule has 1 aliphatic heterocycles. The lowest BCUT2D eigenvalue weighted by molar-refractivity contribution is -0.131. The van der Waals surface area contributed by atoms with Gasteiger partial charge in [-0.15, -0.1) is 0 Å². The quantitative estimate of drug-likeness (QED) is 0.792. The third-order valence-electron chi connectivity index (χ3n) is 3.38. The highest BCUT2D eigenvalue weighted by atomic mass is 16.6. The zero-order valence-electron chi connectivity index (χ0n) is 11.8. The van der Waals surface area contributed by atoms with Crippen molar-refractivity contribution in [1.29, 1.82) is 0 Å². The van der Waals surface area contributed by atoms with Crippen LogP contribution in [0.1, 0.15) is 19.4 Å². The van der Waals surface area contributed by atoms with Crippen LogP contribution in [0.15, 0.2) is 42.5 Å². The van der Waals surface area contributed by atoms with Gasteiger partial charge >= 0.3 is 6.09 Å². The second kappa shape index (κ2) is 6.37. The minimum atomic E-state index is -0.535. The Balaban J connectivity index is 2.12. The summed E-state index contributed by atoms with van der Waals surface area (Å²) in [5.74, 6) is -0.518. The molecule has 20 heavy (non-hydrogen) atoms. The molecule has 0 saturated carbocycles. The smallest absolute Gasteiger partial charge is 0.417 e. The van der Waals surface area contributed by atoms with Gasteiger partial charge in [0.2, 0.25) is 5.91 Å². The molecule has 1 aromatic rings. The van der Waals surface area contributed by atoms with Gasteiger partial charge in [0.1, 0.15) is 6.61 Å². The van der Waals surface area contributed by atoms with Crippen molar-refractivity contribution < 1.29 is 14.3 Å². The van der Waals surface area contributed by atoms with Crippen LogP contribution in [0.4, 0.5) is 4.79 Å². The number of rotatable bonds is 4. The maximum absolute atomic E-state index is 12.3. The number of imide groups is 1. The van der Waals surface area contributed by atoms with E-state index in [4.69, 9.17) is 4.74 Å². The van der Waals surface area contributed by atoms with Gasteiger partial charge < -0.3 is 4.74 Å². The van der Waals surface area contributed by atoms with Crippen LogP contribution in [0.3, 0.4) is 0 Å². The van der Waals surface area contributed by atoms with Gasteiger partial charge in [0, 0.05) is 0 Å². The highest BCUT2D eigenvalue weighted by molar-refractivity contribution is 5.95. The summed E-state index contributed by atoms with van der Waals surface area (Å²) in [5, 5.41) is 0. The highest BCUT2D eigenvalue weighted by Gasteiger charge is 2.38. The minimum absolute atomic E-state index is 0.202. The van der Waals surface area contributed by atoms with Crippen LogP contribution in [-0.2, 0) is 16.0 Å². The zero-order valence-corrected chi connectivity index (χ0v) is 11.8. The van der Waals surface area contributed by atoms with E-state index >= 15 is 0 Å². The van der Waals surface area contributed by atoms with E-state index in [-0.39, 0.29) is 24.5 Å². The number of ether oxygens (including phenoxy) is 1. The molecular formula is C16H19NO3. The van der Waals surface area contributed by atoms with Crippen molar-refractivity contribution in [2.75, 3.05) is 6.61 Å². The zero-order chi connectivity index (χ0) is 14.5. The average molecular weight is 273 g/mol. The van der Waals surface area contributed by atoms with E-state index in [0.717, 1.165) is 5.56 Å². The molecule has 4 heteroatoms. The molecule has 1 fully saturated rings. The summed E-state index contributed by atoms with van der Waals surface area (Å²) in [4.78, 5) is 25.4. The molecular weight excluding hydrogens is 254 g/mol. The van der Waals surface area contributed by atoms with Gasteiger partial charge in [0.25, 0.3) is 0 Å². The second-order valence-electron chi connectivity index (χ2n) is 4.94. The van der Waals surface area contributed by atoms with Crippen LogP contribution >= 0.6 is 0 Å². The Kier molecular flexibility index (Phi) is 4.56. The molecule has 0 aliphatic carbocycles. The fourth-order valence-corrected chi connectivity index (χ4v) is 2.36. The Morgan fingerprint density at radius 1 is 1.45 bits per heavy atom. The van der Waals surface area contributed by atoms with Crippen LogP contribution in [0, 0.1) is 5.92 Å². The minimum Gasteiger partial charge on any atom is -0.447 e. The molecule has 2 rings (SSSR count). The van der Waals surface area contributed by atoms with Crippen molar-refractivity contribution in [1.82, 2.24) is 4.90 Å². The van der Waals surface area contributed by atoms with Crippen LogP contribution in [0.5, 0.6) is 0 Å². The molecule has 1 heterocycles. The first-order valence-corrected chi connectivity index (χ1v) is 6.80. The van der Waals surface area contributed by atoms with Crippen LogP contribution in [0.25, 0.3) is 0 Å². The van der Waals surface area contributed by atoms with Crippen LogP contribution < -0.4 is 0 Å². The summed E-state index contributed by atoms with van der Waals surface area (Å²) in [7, 11) is 0. The SMILES string of the molecule is C/C=C/[C@@H](C)C(=O)N1C(=O)OC[C@@H]1Cc1ccccc1. The van der Waals surface area contributed by atoms with Gasteiger partial charge in [0.05, 0.1) is 12.0 Å². The molecule has 0 aromatic heterocycles. The van der Waals surface area contributed by atoms with Gasteiger partial charge in [0.15, 0.2) is 0 Å². The normalized spacial score (nSPS) is 20.2. The van der Waals surface area contributed by atoms with Crippen molar-refractivity contribution >= 4 is 12.0 Å². The molecule has 1 aromatic carbocycles. The Morgan fingerprint density at radius 3 is 2.80 bits per heavy atom. The predicted molar refractivity (Wildman–Crippen MR) is 76.1 cm³/mol. The van der Waals surface area contributed by atoms with E-state index in [1.807, 2.05) is 43.3 Å². The summed E-state index contributed by atoms with van der Waals surface area (Å²) in [5.41, 5.74) is 1.09. The first-order chi connectivity index (χ1) is 9.63. The van der Waals surface area contributed by atoms with Gasteiger partial charge in [-0.3, -0.25) is 4.79 Å². The molecule has 106 valence electrons. The summed E-state index contributed by atoms with van der Waals surface area (Å²) in [6.45, 7) is 3.91. The summed E-state index contributed by atoms with van der Waals surface area (Å²) in [6, 6.07) is 9.59. The Bertz CT molecular complexity index is 510. The number of cyclic esters (lactones) is 1. The van der Waals surface area contributed by atoms with Crippen molar-refractivity contribution in [2.45, 2.75) is 26.3 Å². The Labute approximate surface area is 119 Å². The molecule has 4 nitrogen and oxygen atoms in total. The van der Waals surface area contributed by atoms with E-state index in [1.165, 1.54) is 4.90 Å². The summed E-state index contributed by atoms with van der Waals surface area (Å²) >= 11 is 0. The maximum Gasteiger partial charge on any atom is 0.417 e. The predicted octanol–water partition coefficient (Wildman–Crippen LogP) is 2.79. The first-order valence-electron chi connectivity index (χ1n) is 6.80. The van der Waals surface area contributed by atoms with Crippen molar-refractivity contribution in [3.8, 4) is 0 Å². The number of hydrogen-bond donors (Lipinski definition) is 0. The van der Waals surface area contributed by atoms with E-state index in [1.54, 1.807) is 13.0 Å². The lowest BCUT2D eigenvalue weighted by atomic mass is 10.0. The largest absolute Gasteiger partial charge is 0.447 e. The highest BCUT2D eigenvalue weighted by Crippen LogP contribution is 2.20. The van der Waals surface area contributed by atoms with Gasteiger partial charge in [-0.2, -0.15) is 0 Å². The van der Waals surface area contributed by atoms with Gasteiger partial charge in [-0.25, -0.2) is 9.69 Å². The van der Waals surface area contributed by atoms with Gasteiger partial charge in [-0.05, 0) is 18.9 Å². The second-order valence-corrected chi connectivity index (χ2v) is 4.94. The molecule has 2 atom stereocenters. The van der Waals surface area contributed by atoms with E-state index in [9.17, 15) is 9.59 Å². The molecule has 2 amide bonds.